The Morgan fingerprint density at radius 1 is 1.35 bits per heavy atom. The molecule has 20 heavy (non-hydrogen) atoms. The number of benzene rings is 1. The minimum absolute atomic E-state index is 0.385. The maximum Gasteiger partial charge on any atom is 0.118 e. The Bertz CT molecular complexity index is 459. The number of piperidine rings is 1. The maximum atomic E-state index is 9.74. The van der Waals surface area contributed by atoms with Crippen LogP contribution in [0.5, 0.6) is 5.75 Å². The molecule has 2 atom stereocenters. The summed E-state index contributed by atoms with van der Waals surface area (Å²) in [5.74, 6) is 1.09. The fraction of sp³-hybridized carbons (Fsp3) is 0.647. The number of likely N-dealkylation sites (tertiary alicyclic amines) is 1. The second-order valence-electron chi connectivity index (χ2n) is 6.18. The highest BCUT2D eigenvalue weighted by molar-refractivity contribution is 5.57. The fourth-order valence-electron chi connectivity index (χ4n) is 3.11. The van der Waals surface area contributed by atoms with Crippen LogP contribution in [0, 0.1) is 19.8 Å². The van der Waals surface area contributed by atoms with Crippen LogP contribution >= 0.6 is 0 Å². The number of anilines is 1. The SMILES string of the molecule is CCN1CCCC(C(C)Nc2cc(C)c(O)cc2C)C1. The highest BCUT2D eigenvalue weighted by Crippen LogP contribution is 2.28. The summed E-state index contributed by atoms with van der Waals surface area (Å²) in [4.78, 5) is 2.54. The normalized spacial score (nSPS) is 21.7. The van der Waals surface area contributed by atoms with E-state index in [2.05, 4.69) is 30.1 Å². The molecule has 0 spiro atoms. The van der Waals surface area contributed by atoms with Crippen molar-refractivity contribution in [3.63, 3.8) is 0 Å². The summed E-state index contributed by atoms with van der Waals surface area (Å²) in [6.07, 6.45) is 2.61. The zero-order valence-electron chi connectivity index (χ0n) is 13.2. The second kappa shape index (κ2) is 6.49. The zero-order chi connectivity index (χ0) is 14.7. The molecule has 2 rings (SSSR count). The van der Waals surface area contributed by atoms with Crippen LogP contribution in [0.25, 0.3) is 0 Å². The zero-order valence-corrected chi connectivity index (χ0v) is 13.2. The molecule has 0 saturated carbocycles. The van der Waals surface area contributed by atoms with Crippen LogP contribution in [0.1, 0.15) is 37.8 Å². The highest BCUT2D eigenvalue weighted by atomic mass is 16.3. The average Bonchev–Trinajstić information content (AvgIpc) is 2.44. The van der Waals surface area contributed by atoms with Gasteiger partial charge in [-0.05, 0) is 75.9 Å². The van der Waals surface area contributed by atoms with E-state index in [1.165, 1.54) is 25.9 Å². The third-order valence-electron chi connectivity index (χ3n) is 4.62. The molecule has 1 fully saturated rings. The van der Waals surface area contributed by atoms with Gasteiger partial charge in [-0.3, -0.25) is 0 Å². The highest BCUT2D eigenvalue weighted by Gasteiger charge is 2.24. The van der Waals surface area contributed by atoms with E-state index in [0.29, 0.717) is 17.7 Å². The smallest absolute Gasteiger partial charge is 0.118 e. The van der Waals surface area contributed by atoms with E-state index < -0.39 is 0 Å². The lowest BCUT2D eigenvalue weighted by Gasteiger charge is -2.36. The summed E-state index contributed by atoms with van der Waals surface area (Å²) in [6, 6.07) is 4.37. The predicted octanol–water partition coefficient (Wildman–Crippen LogP) is 3.54. The Morgan fingerprint density at radius 3 is 2.80 bits per heavy atom. The molecule has 0 radical (unpaired) electrons. The standard InChI is InChI=1S/C17H28N2O/c1-5-19-8-6-7-15(11-19)14(4)18-16-9-13(3)17(20)10-12(16)2/h9-10,14-15,18,20H,5-8,11H2,1-4H3. The van der Waals surface area contributed by atoms with Crippen molar-refractivity contribution < 1.29 is 5.11 Å². The van der Waals surface area contributed by atoms with Gasteiger partial charge < -0.3 is 15.3 Å². The number of aryl methyl sites for hydroxylation is 2. The minimum Gasteiger partial charge on any atom is -0.508 e. The number of nitrogens with zero attached hydrogens (tertiary/aromatic N) is 1. The van der Waals surface area contributed by atoms with Crippen molar-refractivity contribution in [2.75, 3.05) is 25.0 Å². The maximum absolute atomic E-state index is 9.74. The van der Waals surface area contributed by atoms with Crippen LogP contribution in [0.15, 0.2) is 12.1 Å². The molecule has 1 aromatic rings. The van der Waals surface area contributed by atoms with E-state index in [0.717, 1.165) is 23.4 Å². The molecule has 1 saturated heterocycles. The summed E-state index contributed by atoms with van der Waals surface area (Å²) in [6.45, 7) is 12.1. The molecule has 0 aromatic heterocycles. The molecular weight excluding hydrogens is 248 g/mol. The van der Waals surface area contributed by atoms with Gasteiger partial charge in [-0.15, -0.1) is 0 Å². The topological polar surface area (TPSA) is 35.5 Å². The molecule has 2 N–H and O–H groups in total. The van der Waals surface area contributed by atoms with Gasteiger partial charge in [-0.2, -0.15) is 0 Å². The quantitative estimate of drug-likeness (QED) is 0.826. The average molecular weight is 276 g/mol. The van der Waals surface area contributed by atoms with E-state index >= 15 is 0 Å². The van der Waals surface area contributed by atoms with Crippen LogP contribution in [0.3, 0.4) is 0 Å². The van der Waals surface area contributed by atoms with Gasteiger partial charge in [-0.25, -0.2) is 0 Å². The van der Waals surface area contributed by atoms with Crippen LogP contribution < -0.4 is 5.32 Å². The molecular formula is C17H28N2O. The van der Waals surface area contributed by atoms with Crippen molar-refractivity contribution in [3.8, 4) is 5.75 Å². The number of phenolic OH excluding ortho intramolecular Hbond substituents is 1. The third-order valence-corrected chi connectivity index (χ3v) is 4.62. The lowest BCUT2D eigenvalue weighted by molar-refractivity contribution is 0.172. The van der Waals surface area contributed by atoms with Crippen LogP contribution in [0.2, 0.25) is 0 Å². The molecule has 0 aliphatic carbocycles. The van der Waals surface area contributed by atoms with E-state index in [9.17, 15) is 5.11 Å². The molecule has 1 aliphatic rings. The molecule has 0 amide bonds. The first-order chi connectivity index (χ1) is 9.51. The fourth-order valence-corrected chi connectivity index (χ4v) is 3.11. The lowest BCUT2D eigenvalue weighted by atomic mass is 9.91. The number of phenols is 1. The van der Waals surface area contributed by atoms with Gasteiger partial charge in [-0.1, -0.05) is 6.92 Å². The van der Waals surface area contributed by atoms with Gasteiger partial charge >= 0.3 is 0 Å². The minimum atomic E-state index is 0.385. The Balaban J connectivity index is 2.04. The van der Waals surface area contributed by atoms with E-state index in [4.69, 9.17) is 0 Å². The first kappa shape index (κ1) is 15.2. The van der Waals surface area contributed by atoms with E-state index in [1.807, 2.05) is 19.9 Å². The Morgan fingerprint density at radius 2 is 2.10 bits per heavy atom. The van der Waals surface area contributed by atoms with E-state index in [-0.39, 0.29) is 0 Å². The van der Waals surface area contributed by atoms with Gasteiger partial charge in [0.2, 0.25) is 0 Å². The predicted molar refractivity (Wildman–Crippen MR) is 85.5 cm³/mol. The van der Waals surface area contributed by atoms with Gasteiger partial charge in [0.05, 0.1) is 0 Å². The molecule has 3 nitrogen and oxygen atoms in total. The van der Waals surface area contributed by atoms with Crippen molar-refractivity contribution in [2.45, 2.75) is 46.6 Å². The van der Waals surface area contributed by atoms with Gasteiger partial charge in [0, 0.05) is 18.3 Å². The first-order valence-corrected chi connectivity index (χ1v) is 7.80. The Hall–Kier alpha value is -1.22. The molecule has 1 aromatic carbocycles. The number of hydrogen-bond donors (Lipinski definition) is 2. The van der Waals surface area contributed by atoms with Crippen molar-refractivity contribution in [1.82, 2.24) is 4.90 Å². The Kier molecular flexibility index (Phi) is 4.92. The summed E-state index contributed by atoms with van der Waals surface area (Å²) in [5.41, 5.74) is 3.20. The molecule has 2 unspecified atom stereocenters. The summed E-state index contributed by atoms with van der Waals surface area (Å²) >= 11 is 0. The lowest BCUT2D eigenvalue weighted by Crippen LogP contribution is -2.41. The monoisotopic (exact) mass is 276 g/mol. The number of nitrogens with one attached hydrogen (secondary N) is 1. The van der Waals surface area contributed by atoms with Gasteiger partial charge in [0.25, 0.3) is 0 Å². The van der Waals surface area contributed by atoms with Crippen LogP contribution in [-0.4, -0.2) is 35.7 Å². The summed E-state index contributed by atoms with van der Waals surface area (Å²) in [5, 5.41) is 13.4. The van der Waals surface area contributed by atoms with Crippen molar-refractivity contribution in [1.29, 1.82) is 0 Å². The van der Waals surface area contributed by atoms with Crippen LogP contribution in [0.4, 0.5) is 5.69 Å². The first-order valence-electron chi connectivity index (χ1n) is 7.80. The van der Waals surface area contributed by atoms with Gasteiger partial charge in [0.15, 0.2) is 0 Å². The second-order valence-corrected chi connectivity index (χ2v) is 6.18. The Labute approximate surface area is 123 Å². The molecule has 3 heteroatoms. The summed E-state index contributed by atoms with van der Waals surface area (Å²) in [7, 11) is 0. The number of aromatic hydroxyl groups is 1. The largest absolute Gasteiger partial charge is 0.508 e. The van der Waals surface area contributed by atoms with Crippen molar-refractivity contribution in [3.05, 3.63) is 23.3 Å². The van der Waals surface area contributed by atoms with Crippen molar-refractivity contribution in [2.24, 2.45) is 5.92 Å². The molecule has 1 heterocycles. The van der Waals surface area contributed by atoms with Crippen LogP contribution in [-0.2, 0) is 0 Å². The third kappa shape index (κ3) is 3.45. The molecule has 0 bridgehead atoms. The summed E-state index contributed by atoms with van der Waals surface area (Å²) < 4.78 is 0. The van der Waals surface area contributed by atoms with Crippen molar-refractivity contribution >= 4 is 5.69 Å². The number of rotatable bonds is 4. The number of hydrogen-bond acceptors (Lipinski definition) is 3. The van der Waals surface area contributed by atoms with E-state index in [1.54, 1.807) is 0 Å². The molecule has 1 aliphatic heterocycles. The molecule has 112 valence electrons. The van der Waals surface area contributed by atoms with Gasteiger partial charge in [0.1, 0.15) is 5.75 Å².